The summed E-state index contributed by atoms with van der Waals surface area (Å²) in [5.74, 6) is 0.777. The van der Waals surface area contributed by atoms with Gasteiger partial charge in [-0.3, -0.25) is 4.79 Å². The molecule has 2 rings (SSSR count). The van der Waals surface area contributed by atoms with Gasteiger partial charge in [-0.15, -0.1) is 0 Å². The number of amides is 1. The summed E-state index contributed by atoms with van der Waals surface area (Å²) in [6.45, 7) is 4.28. The third-order valence-corrected chi connectivity index (χ3v) is 3.84. The van der Waals surface area contributed by atoms with Gasteiger partial charge in [0.15, 0.2) is 0 Å². The molecule has 2 aromatic carbocycles. The number of rotatable bonds is 5. The number of carbonyl (C=O) groups excluding carboxylic acids is 1. The third-order valence-electron chi connectivity index (χ3n) is 3.84. The number of benzene rings is 2. The predicted octanol–water partition coefficient (Wildman–Crippen LogP) is 4.04. The van der Waals surface area contributed by atoms with E-state index in [0.717, 1.165) is 17.7 Å². The monoisotopic (exact) mass is 298 g/mol. The fourth-order valence-electron chi connectivity index (χ4n) is 2.33. The Morgan fingerprint density at radius 2 is 2.00 bits per heavy atom. The fraction of sp³-hybridized carbons (Fsp3) is 0.278. The molecule has 4 nitrogen and oxygen atoms in total. The molecular formula is C18H22N2O2. The van der Waals surface area contributed by atoms with Crippen LogP contribution >= 0.6 is 0 Å². The molecular weight excluding hydrogens is 276 g/mol. The second-order valence-electron chi connectivity index (χ2n) is 5.31. The molecule has 0 unspecified atom stereocenters. The average Bonchev–Trinajstić information content (AvgIpc) is 2.54. The summed E-state index contributed by atoms with van der Waals surface area (Å²) in [5, 5.41) is 2.97. The van der Waals surface area contributed by atoms with Crippen molar-refractivity contribution in [3.63, 3.8) is 0 Å². The number of hydrogen-bond acceptors (Lipinski definition) is 3. The van der Waals surface area contributed by atoms with Crippen LogP contribution in [0.1, 0.15) is 42.1 Å². The van der Waals surface area contributed by atoms with E-state index in [9.17, 15) is 4.79 Å². The van der Waals surface area contributed by atoms with Crippen LogP contribution in [0.5, 0.6) is 5.75 Å². The van der Waals surface area contributed by atoms with Crippen LogP contribution in [-0.4, -0.2) is 13.0 Å². The molecule has 0 aliphatic carbocycles. The second kappa shape index (κ2) is 6.98. The molecule has 0 aromatic heterocycles. The number of ether oxygens (including phenoxy) is 1. The highest BCUT2D eigenvalue weighted by molar-refractivity contribution is 6.05. The van der Waals surface area contributed by atoms with Gasteiger partial charge in [0.25, 0.3) is 5.91 Å². The maximum Gasteiger partial charge on any atom is 0.255 e. The van der Waals surface area contributed by atoms with Crippen LogP contribution in [0.25, 0.3) is 0 Å². The van der Waals surface area contributed by atoms with Crippen LogP contribution in [0.15, 0.2) is 42.5 Å². The van der Waals surface area contributed by atoms with Gasteiger partial charge in [0.05, 0.1) is 12.8 Å². The summed E-state index contributed by atoms with van der Waals surface area (Å²) < 4.78 is 5.11. The Morgan fingerprint density at radius 1 is 1.27 bits per heavy atom. The molecule has 1 amide bonds. The molecule has 0 saturated carbocycles. The van der Waals surface area contributed by atoms with Crippen molar-refractivity contribution in [1.29, 1.82) is 0 Å². The molecule has 0 spiro atoms. The van der Waals surface area contributed by atoms with E-state index in [1.807, 2.05) is 24.3 Å². The summed E-state index contributed by atoms with van der Waals surface area (Å²) in [6.07, 6.45) is 1.02. The number of nitrogens with two attached hydrogens (primary N) is 1. The van der Waals surface area contributed by atoms with E-state index in [4.69, 9.17) is 10.5 Å². The second-order valence-corrected chi connectivity index (χ2v) is 5.31. The minimum absolute atomic E-state index is 0.176. The average molecular weight is 298 g/mol. The van der Waals surface area contributed by atoms with Crippen molar-refractivity contribution < 1.29 is 9.53 Å². The van der Waals surface area contributed by atoms with Crippen molar-refractivity contribution in [2.24, 2.45) is 0 Å². The summed E-state index contributed by atoms with van der Waals surface area (Å²) in [7, 11) is 1.55. The normalized spacial score (nSPS) is 11.8. The Labute approximate surface area is 131 Å². The van der Waals surface area contributed by atoms with E-state index in [1.165, 1.54) is 0 Å². The summed E-state index contributed by atoms with van der Waals surface area (Å²) >= 11 is 0. The molecule has 0 bridgehead atoms. The van der Waals surface area contributed by atoms with Crippen molar-refractivity contribution in [1.82, 2.24) is 0 Å². The smallest absolute Gasteiger partial charge is 0.255 e. The van der Waals surface area contributed by atoms with Crippen LogP contribution in [0.4, 0.5) is 11.4 Å². The third kappa shape index (κ3) is 3.39. The standard InChI is InChI=1S/C18H22N2O2/c1-4-12(2)14-7-5-6-8-16(14)20-18(21)13-9-10-17(22-3)15(19)11-13/h5-12H,4,19H2,1-3H3,(H,20,21)/t12-/m1/s1. The van der Waals surface area contributed by atoms with Gasteiger partial charge in [0.2, 0.25) is 0 Å². The first-order valence-corrected chi connectivity index (χ1v) is 7.40. The fourth-order valence-corrected chi connectivity index (χ4v) is 2.33. The molecule has 0 aliphatic heterocycles. The van der Waals surface area contributed by atoms with Crippen LogP contribution in [0.3, 0.4) is 0 Å². The number of para-hydroxylation sites is 1. The maximum atomic E-state index is 12.4. The SMILES string of the molecule is CC[C@@H](C)c1ccccc1NC(=O)c1ccc(OC)c(N)c1. The minimum atomic E-state index is -0.176. The Morgan fingerprint density at radius 3 is 2.64 bits per heavy atom. The Balaban J connectivity index is 2.24. The molecule has 22 heavy (non-hydrogen) atoms. The van der Waals surface area contributed by atoms with Crippen molar-refractivity contribution in [3.05, 3.63) is 53.6 Å². The van der Waals surface area contributed by atoms with Crippen molar-refractivity contribution in [2.45, 2.75) is 26.2 Å². The lowest BCUT2D eigenvalue weighted by Crippen LogP contribution is -2.14. The zero-order chi connectivity index (χ0) is 16.1. The lowest BCUT2D eigenvalue weighted by atomic mass is 9.97. The molecule has 0 radical (unpaired) electrons. The number of nitrogens with one attached hydrogen (secondary N) is 1. The number of anilines is 2. The van der Waals surface area contributed by atoms with Gasteiger partial charge in [-0.2, -0.15) is 0 Å². The number of carbonyl (C=O) groups is 1. The lowest BCUT2D eigenvalue weighted by Gasteiger charge is -2.16. The zero-order valence-electron chi connectivity index (χ0n) is 13.2. The molecule has 4 heteroatoms. The van der Waals surface area contributed by atoms with Gasteiger partial charge in [0, 0.05) is 11.3 Å². The lowest BCUT2D eigenvalue weighted by molar-refractivity contribution is 0.102. The predicted molar refractivity (Wildman–Crippen MR) is 90.5 cm³/mol. The number of methoxy groups -OCH3 is 1. The Bertz CT molecular complexity index is 668. The molecule has 0 aliphatic rings. The van der Waals surface area contributed by atoms with Gasteiger partial charge in [-0.05, 0) is 42.2 Å². The van der Waals surface area contributed by atoms with E-state index >= 15 is 0 Å². The number of nitrogen functional groups attached to an aromatic ring is 1. The topological polar surface area (TPSA) is 64.3 Å². The summed E-state index contributed by atoms with van der Waals surface area (Å²) in [4.78, 5) is 12.4. The van der Waals surface area contributed by atoms with Crippen molar-refractivity contribution in [3.8, 4) is 5.75 Å². The van der Waals surface area contributed by atoms with Crippen LogP contribution < -0.4 is 15.8 Å². The van der Waals surface area contributed by atoms with Crippen LogP contribution in [0.2, 0.25) is 0 Å². The maximum absolute atomic E-state index is 12.4. The van der Waals surface area contributed by atoms with Gasteiger partial charge >= 0.3 is 0 Å². The molecule has 0 heterocycles. The van der Waals surface area contributed by atoms with Crippen molar-refractivity contribution >= 4 is 17.3 Å². The largest absolute Gasteiger partial charge is 0.495 e. The van der Waals surface area contributed by atoms with Crippen molar-refractivity contribution in [2.75, 3.05) is 18.2 Å². The molecule has 1 atom stereocenters. The minimum Gasteiger partial charge on any atom is -0.495 e. The summed E-state index contributed by atoms with van der Waals surface area (Å²) in [6, 6.07) is 12.9. The first-order chi connectivity index (χ1) is 10.6. The van der Waals surface area contributed by atoms with Crippen LogP contribution in [-0.2, 0) is 0 Å². The van der Waals surface area contributed by atoms with E-state index in [2.05, 4.69) is 19.2 Å². The van der Waals surface area contributed by atoms with Crippen LogP contribution in [0, 0.1) is 0 Å². The number of hydrogen-bond donors (Lipinski definition) is 2. The van der Waals surface area contributed by atoms with E-state index in [0.29, 0.717) is 22.9 Å². The Hall–Kier alpha value is -2.49. The highest BCUT2D eigenvalue weighted by Crippen LogP contribution is 2.27. The first-order valence-electron chi connectivity index (χ1n) is 7.40. The van der Waals surface area contributed by atoms with Gasteiger partial charge < -0.3 is 15.8 Å². The highest BCUT2D eigenvalue weighted by atomic mass is 16.5. The van der Waals surface area contributed by atoms with E-state index < -0.39 is 0 Å². The van der Waals surface area contributed by atoms with Gasteiger partial charge in [0.1, 0.15) is 5.75 Å². The molecule has 2 aromatic rings. The molecule has 3 N–H and O–H groups in total. The van der Waals surface area contributed by atoms with Gasteiger partial charge in [-0.1, -0.05) is 32.0 Å². The molecule has 0 saturated heterocycles. The van der Waals surface area contributed by atoms with Gasteiger partial charge in [-0.25, -0.2) is 0 Å². The quantitative estimate of drug-likeness (QED) is 0.819. The molecule has 0 fully saturated rings. The summed E-state index contributed by atoms with van der Waals surface area (Å²) in [5.41, 5.74) is 8.80. The molecule has 116 valence electrons. The van der Waals surface area contributed by atoms with E-state index in [1.54, 1.807) is 25.3 Å². The highest BCUT2D eigenvalue weighted by Gasteiger charge is 2.13. The van der Waals surface area contributed by atoms with E-state index in [-0.39, 0.29) is 5.91 Å². The first kappa shape index (κ1) is 15.9. The zero-order valence-corrected chi connectivity index (χ0v) is 13.2. The Kier molecular flexibility index (Phi) is 5.04.